The molecule has 0 N–H and O–H groups in total. The number of aromatic nitrogens is 8. The van der Waals surface area contributed by atoms with Gasteiger partial charge in [0.2, 0.25) is 0 Å². The van der Waals surface area contributed by atoms with Gasteiger partial charge in [-0.2, -0.15) is 0 Å². The Balaban J connectivity index is 0.00000259. The minimum atomic E-state index is -0.434. The molecule has 13 rings (SSSR count). The van der Waals surface area contributed by atoms with Crippen molar-refractivity contribution in [1.82, 2.24) is 19.9 Å². The largest absolute Gasteiger partial charge is 2.00 e. The second-order valence-electron chi connectivity index (χ2n) is 23.1. The standard InChI is InChI=1S/C80H68N8O8.4BrH.Zn/c89-77(93-53-13-49-85-41-5-1-6-42-85)61-25-17-57(18-26-61)73-65-33-35-67(81-65)74(58-19-27-62(28-20-58)78(90)94-54-14-50-86-43-7-2-8-44-86)69-37-39-71(83-69)76(60-23-31-64(32-24-60)80(92)96-56-16-52-88-47-11-4-12-48-88)72-40-38-70(84-72)75(68-36-34-66(73)82-68)59-21-29-63(30-22-59)79(91)95-55-15-51-87-45-9-3-10-46-87;;;;;/h1-12,17-48H,13-16,49-56H2;4*1H;/q+2;;;;;+2/p-4. The molecule has 0 atom stereocenters. The summed E-state index contributed by atoms with van der Waals surface area (Å²) in [6, 6.07) is 60.5. The van der Waals surface area contributed by atoms with Gasteiger partial charge >= 0.3 is 43.4 Å². The van der Waals surface area contributed by atoms with Crippen LogP contribution in [0.3, 0.4) is 0 Å². The third-order valence-electron chi connectivity index (χ3n) is 16.5. The molecule has 16 nitrogen and oxygen atoms in total. The molecule has 21 heteroatoms. The summed E-state index contributed by atoms with van der Waals surface area (Å²) in [6.07, 6.45) is 26.2. The second-order valence-corrected chi connectivity index (χ2v) is 23.1. The van der Waals surface area contributed by atoms with E-state index in [1.165, 1.54) is 0 Å². The predicted molar refractivity (Wildman–Crippen MR) is 365 cm³/mol. The Morgan fingerprint density at radius 2 is 0.485 bits per heavy atom. The average Bonchev–Trinajstić information content (AvgIpc) is 1.62. The van der Waals surface area contributed by atoms with Crippen molar-refractivity contribution < 1.29 is 144 Å². The average molecular weight is 1650 g/mol. The molecule has 0 saturated carbocycles. The van der Waals surface area contributed by atoms with Crippen molar-refractivity contribution >= 4 is 70.2 Å². The minimum Gasteiger partial charge on any atom is -1.00 e. The molecule has 4 aromatic carbocycles. The van der Waals surface area contributed by atoms with Crippen molar-refractivity contribution in [3.63, 3.8) is 0 Å². The summed E-state index contributed by atoms with van der Waals surface area (Å²) in [5, 5.41) is 0. The molecule has 9 heterocycles. The van der Waals surface area contributed by atoms with Crippen molar-refractivity contribution in [1.29, 1.82) is 0 Å². The monoisotopic (exact) mass is 1650 g/mol. The zero-order valence-corrected chi connectivity index (χ0v) is 64.3. The summed E-state index contributed by atoms with van der Waals surface area (Å²) in [4.78, 5) is 75.9. The molecule has 101 heavy (non-hydrogen) atoms. The van der Waals surface area contributed by atoms with Crippen LogP contribution in [0.25, 0.3) is 90.9 Å². The maximum Gasteiger partial charge on any atom is 2.00 e. The number of nitrogens with zero attached hydrogens (tertiary/aromatic N) is 8. The van der Waals surface area contributed by atoms with Crippen LogP contribution in [0.1, 0.15) is 89.9 Å². The van der Waals surface area contributed by atoms with E-state index in [0.717, 1.165) is 22.3 Å². The van der Waals surface area contributed by atoms with Crippen LogP contribution in [0.4, 0.5) is 0 Å². The van der Waals surface area contributed by atoms with Gasteiger partial charge in [-0.1, -0.05) is 97.1 Å². The fraction of sp³-hybridized carbons (Fsp3) is 0.150. The van der Waals surface area contributed by atoms with E-state index in [1.807, 2.05) is 238 Å². The van der Waals surface area contributed by atoms with Gasteiger partial charge in [0.1, 0.15) is 0 Å². The molecule has 2 aliphatic rings. The number of aryl methyl sites for hydroxylation is 4. The number of carbonyl (C=O) groups excluding carboxylic acids is 4. The van der Waals surface area contributed by atoms with E-state index in [0.29, 0.717) is 141 Å². The molecular formula is C80H68Br4N8O8Zn. The molecular weight excluding hydrogens is 1590 g/mol. The van der Waals surface area contributed by atoms with Crippen LogP contribution in [0.5, 0.6) is 0 Å². The molecule has 0 saturated heterocycles. The van der Waals surface area contributed by atoms with Crippen LogP contribution in [0.2, 0.25) is 0 Å². The minimum absolute atomic E-state index is 0. The van der Waals surface area contributed by atoms with Gasteiger partial charge in [-0.15, -0.1) is 22.1 Å². The first-order chi connectivity index (χ1) is 47.2. The van der Waals surface area contributed by atoms with Crippen LogP contribution in [-0.2, 0) is 64.6 Å². The summed E-state index contributed by atoms with van der Waals surface area (Å²) in [5.74, 6) is -1.73. The summed E-state index contributed by atoms with van der Waals surface area (Å²) in [7, 11) is 0. The number of hydrogen-bond acceptors (Lipinski definition) is 10. The van der Waals surface area contributed by atoms with E-state index in [2.05, 4.69) is 0 Å². The number of ether oxygens (including phenoxy) is 4. The van der Waals surface area contributed by atoms with Crippen molar-refractivity contribution in [2.75, 3.05) is 26.4 Å². The molecule has 8 bridgehead atoms. The van der Waals surface area contributed by atoms with Crippen LogP contribution in [-0.4, -0.2) is 60.3 Å². The zero-order chi connectivity index (χ0) is 65.4. The first kappa shape index (κ1) is 77.2. The van der Waals surface area contributed by atoms with Crippen LogP contribution >= 0.6 is 0 Å². The fourth-order valence-corrected chi connectivity index (χ4v) is 11.7. The molecule has 0 fully saturated rings. The Morgan fingerprint density at radius 1 is 0.287 bits per heavy atom. The first-order valence-electron chi connectivity index (χ1n) is 32.2. The Labute approximate surface area is 640 Å². The molecule has 0 aliphatic carbocycles. The second kappa shape index (κ2) is 37.8. The van der Waals surface area contributed by atoms with Gasteiger partial charge in [0, 0.05) is 74.2 Å². The van der Waals surface area contributed by atoms with Crippen LogP contribution < -0.4 is 96.2 Å². The topological polar surface area (TPSA) is 175 Å². The van der Waals surface area contributed by atoms with E-state index >= 15 is 0 Å². The Morgan fingerprint density at radius 3 is 0.683 bits per heavy atom. The molecule has 506 valence electrons. The quantitative estimate of drug-likeness (QED) is 0.0274. The van der Waals surface area contributed by atoms with Crippen LogP contribution in [0.15, 0.2) is 244 Å². The van der Waals surface area contributed by atoms with Gasteiger partial charge in [0.15, 0.2) is 75.8 Å². The number of carbonyl (C=O) groups is 4. The molecule has 0 amide bonds. The van der Waals surface area contributed by atoms with Gasteiger partial charge in [-0.05, 0) is 117 Å². The number of hydrogen-bond donors (Lipinski definition) is 0. The number of fused-ring (bicyclic) bond motifs is 8. The van der Waals surface area contributed by atoms with Crippen molar-refractivity contribution in [3.05, 3.63) is 289 Å². The van der Waals surface area contributed by atoms with E-state index in [-0.39, 0.29) is 114 Å². The summed E-state index contributed by atoms with van der Waals surface area (Å²) >= 11 is 0. The van der Waals surface area contributed by atoms with Gasteiger partial charge in [-0.3, -0.25) is 0 Å². The number of rotatable bonds is 24. The summed E-state index contributed by atoms with van der Waals surface area (Å²) in [6.45, 7) is 3.81. The Kier molecular flexibility index (Phi) is 28.9. The van der Waals surface area contributed by atoms with Gasteiger partial charge in [-0.25, -0.2) is 47.4 Å². The van der Waals surface area contributed by atoms with Crippen LogP contribution in [0, 0.1) is 0 Å². The first-order valence-corrected chi connectivity index (χ1v) is 32.2. The number of esters is 4. The Hall–Kier alpha value is -9.50. The molecule has 0 unspecified atom stereocenters. The molecule has 0 spiro atoms. The van der Waals surface area contributed by atoms with Gasteiger partial charge in [0.25, 0.3) is 0 Å². The maximum absolute atomic E-state index is 13.6. The Bertz CT molecular complexity index is 4240. The smallest absolute Gasteiger partial charge is 1.00 e. The van der Waals surface area contributed by atoms with E-state index in [1.54, 1.807) is 48.5 Å². The van der Waals surface area contributed by atoms with E-state index < -0.39 is 23.9 Å². The number of pyridine rings is 4. The van der Waals surface area contributed by atoms with E-state index in [9.17, 15) is 19.2 Å². The summed E-state index contributed by atoms with van der Waals surface area (Å²) in [5.41, 5.74) is 12.0. The van der Waals surface area contributed by atoms with Crippen molar-refractivity contribution in [2.24, 2.45) is 0 Å². The van der Waals surface area contributed by atoms with E-state index in [4.69, 9.17) is 38.9 Å². The summed E-state index contributed by atoms with van der Waals surface area (Å²) < 4.78 is 31.2. The van der Waals surface area contributed by atoms with Crippen molar-refractivity contribution in [3.8, 4) is 44.5 Å². The van der Waals surface area contributed by atoms with Gasteiger partial charge in [0.05, 0.1) is 71.5 Å². The fourth-order valence-electron chi connectivity index (χ4n) is 11.7. The van der Waals surface area contributed by atoms with Gasteiger partial charge < -0.3 is 96.8 Å². The number of halogens is 4. The molecule has 2 aliphatic heterocycles. The number of benzene rings is 4. The SMILES string of the molecule is O=C(OCCC[n+]1ccccc1)c1ccc(-c2c3nc(c(-c4ccc(C(=O)OCCC[n+]5ccccc5)cc4)c4ccc([n-]4)c(-c4ccc(C(=O)OCCC[n+]5ccccc5)cc4)c4nc(c(-c5ccc(C(=O)OCCC[n+]6ccccc6)cc5)c5ccc2[n-]5)C=C4)C=C3)cc1.[Br-].[Br-].[Br-].[Br-].[Zn+2]. The maximum atomic E-state index is 13.6. The third-order valence-corrected chi connectivity index (χ3v) is 16.5. The predicted octanol–water partition coefficient (Wildman–Crippen LogP) is 0.734. The third kappa shape index (κ3) is 19.5. The van der Waals surface area contributed by atoms with Crippen molar-refractivity contribution in [2.45, 2.75) is 51.9 Å². The molecule has 0 radical (unpaired) electrons. The molecule has 7 aromatic heterocycles. The zero-order valence-electron chi connectivity index (χ0n) is 55.0. The normalized spacial score (nSPS) is 10.9. The molecule has 11 aromatic rings.